The van der Waals surface area contributed by atoms with Crippen molar-refractivity contribution in [3.8, 4) is 0 Å². The molecule has 0 saturated carbocycles. The van der Waals surface area contributed by atoms with E-state index in [1.54, 1.807) is 0 Å². The van der Waals surface area contributed by atoms with Crippen LogP contribution in [0, 0.1) is 0 Å². The summed E-state index contributed by atoms with van der Waals surface area (Å²) in [4.78, 5) is 2.74. The Morgan fingerprint density at radius 1 is 1.00 bits per heavy atom. The van der Waals surface area contributed by atoms with Crippen LogP contribution in [0.3, 0.4) is 0 Å². The second-order valence-corrected chi connectivity index (χ2v) is 5.95. The lowest BCUT2D eigenvalue weighted by atomic mass is 9.92. The van der Waals surface area contributed by atoms with Crippen molar-refractivity contribution in [2.45, 2.75) is 44.2 Å². The van der Waals surface area contributed by atoms with Gasteiger partial charge in [-0.3, -0.25) is 4.90 Å². The molecular weight excluding hydrogens is 298 g/mol. The van der Waals surface area contributed by atoms with Gasteiger partial charge in [0.05, 0.1) is 0 Å². The van der Waals surface area contributed by atoms with E-state index in [-0.39, 0.29) is 12.4 Å². The van der Waals surface area contributed by atoms with Crippen molar-refractivity contribution in [2.75, 3.05) is 6.54 Å². The molecule has 2 aliphatic rings. The first-order valence-corrected chi connectivity index (χ1v) is 7.15. The fourth-order valence-electron chi connectivity index (χ4n) is 3.33. The SMILES string of the molecule is Brc1ccc(C2CCCC3CCCN32)cc1.Cl. The van der Waals surface area contributed by atoms with Gasteiger partial charge in [0.25, 0.3) is 0 Å². The monoisotopic (exact) mass is 315 g/mol. The molecule has 2 fully saturated rings. The Morgan fingerprint density at radius 3 is 2.47 bits per heavy atom. The molecule has 2 atom stereocenters. The zero-order chi connectivity index (χ0) is 11.0. The maximum Gasteiger partial charge on any atom is 0.0351 e. The van der Waals surface area contributed by atoms with Crippen LogP contribution in [0.4, 0.5) is 0 Å². The van der Waals surface area contributed by atoms with Crippen molar-refractivity contribution in [3.63, 3.8) is 0 Å². The smallest absolute Gasteiger partial charge is 0.0351 e. The number of fused-ring (bicyclic) bond motifs is 1. The molecule has 0 aromatic heterocycles. The van der Waals surface area contributed by atoms with Gasteiger partial charge in [0.2, 0.25) is 0 Å². The summed E-state index contributed by atoms with van der Waals surface area (Å²) >= 11 is 3.51. The average molecular weight is 317 g/mol. The van der Waals surface area contributed by atoms with Gasteiger partial charge in [-0.15, -0.1) is 12.4 Å². The molecule has 0 bridgehead atoms. The molecular formula is C14H19BrClN. The second kappa shape index (κ2) is 5.73. The first kappa shape index (κ1) is 13.4. The van der Waals surface area contributed by atoms with E-state index in [0.29, 0.717) is 6.04 Å². The van der Waals surface area contributed by atoms with Crippen LogP contribution in [-0.2, 0) is 0 Å². The van der Waals surface area contributed by atoms with Crippen LogP contribution < -0.4 is 0 Å². The summed E-state index contributed by atoms with van der Waals surface area (Å²) in [5.41, 5.74) is 1.51. The van der Waals surface area contributed by atoms with Crippen molar-refractivity contribution < 1.29 is 0 Å². The molecule has 94 valence electrons. The van der Waals surface area contributed by atoms with Crippen molar-refractivity contribution in [1.29, 1.82) is 0 Å². The molecule has 0 aliphatic carbocycles. The van der Waals surface area contributed by atoms with Gasteiger partial charge in [-0.25, -0.2) is 0 Å². The minimum Gasteiger partial charge on any atom is -0.293 e. The van der Waals surface area contributed by atoms with Gasteiger partial charge < -0.3 is 0 Å². The second-order valence-electron chi connectivity index (χ2n) is 5.03. The summed E-state index contributed by atoms with van der Waals surface area (Å²) in [5, 5.41) is 0. The highest BCUT2D eigenvalue weighted by atomic mass is 79.9. The third kappa shape index (κ3) is 2.69. The lowest BCUT2D eigenvalue weighted by molar-refractivity contribution is 0.123. The molecule has 2 aliphatic heterocycles. The molecule has 0 radical (unpaired) electrons. The molecule has 17 heavy (non-hydrogen) atoms. The number of hydrogen-bond donors (Lipinski definition) is 0. The lowest BCUT2D eigenvalue weighted by Gasteiger charge is -2.38. The summed E-state index contributed by atoms with van der Waals surface area (Å²) in [5.74, 6) is 0. The van der Waals surface area contributed by atoms with E-state index in [9.17, 15) is 0 Å². The van der Waals surface area contributed by atoms with E-state index in [2.05, 4.69) is 45.1 Å². The fraction of sp³-hybridized carbons (Fsp3) is 0.571. The van der Waals surface area contributed by atoms with Crippen LogP contribution >= 0.6 is 28.3 Å². The third-order valence-electron chi connectivity index (χ3n) is 4.09. The summed E-state index contributed by atoms with van der Waals surface area (Å²) in [6, 6.07) is 10.5. The summed E-state index contributed by atoms with van der Waals surface area (Å²) < 4.78 is 1.19. The van der Waals surface area contributed by atoms with Crippen molar-refractivity contribution in [1.82, 2.24) is 4.90 Å². The predicted octanol–water partition coefficient (Wildman–Crippen LogP) is 4.56. The van der Waals surface area contributed by atoms with E-state index in [4.69, 9.17) is 0 Å². The lowest BCUT2D eigenvalue weighted by Crippen LogP contribution is -2.37. The van der Waals surface area contributed by atoms with Gasteiger partial charge in [0.15, 0.2) is 0 Å². The molecule has 1 aromatic rings. The van der Waals surface area contributed by atoms with Crippen molar-refractivity contribution in [3.05, 3.63) is 34.3 Å². The Morgan fingerprint density at radius 2 is 1.71 bits per heavy atom. The molecule has 2 saturated heterocycles. The fourth-order valence-corrected chi connectivity index (χ4v) is 3.60. The number of halogens is 2. The maximum absolute atomic E-state index is 3.51. The predicted molar refractivity (Wildman–Crippen MR) is 77.7 cm³/mol. The Kier molecular flexibility index (Phi) is 4.51. The normalized spacial score (nSPS) is 28.5. The van der Waals surface area contributed by atoms with Crippen molar-refractivity contribution in [2.24, 2.45) is 0 Å². The Labute approximate surface area is 118 Å². The molecule has 3 heteroatoms. The standard InChI is InChI=1S/C14H18BrN.ClH/c15-12-8-6-11(7-9-12)14-5-1-3-13-4-2-10-16(13)14;/h6-9,13-14H,1-5,10H2;1H. The molecule has 2 heterocycles. The molecule has 0 N–H and O–H groups in total. The van der Waals surface area contributed by atoms with Crippen LogP contribution in [0.5, 0.6) is 0 Å². The average Bonchev–Trinajstić information content (AvgIpc) is 2.78. The Balaban J connectivity index is 0.00000108. The van der Waals surface area contributed by atoms with Gasteiger partial charge in [-0.05, 0) is 56.3 Å². The number of nitrogens with zero attached hydrogens (tertiary/aromatic N) is 1. The zero-order valence-electron chi connectivity index (χ0n) is 9.94. The minimum atomic E-state index is 0. The molecule has 0 amide bonds. The zero-order valence-corrected chi connectivity index (χ0v) is 12.3. The molecule has 3 rings (SSSR count). The summed E-state index contributed by atoms with van der Waals surface area (Å²) in [6.45, 7) is 1.31. The van der Waals surface area contributed by atoms with E-state index < -0.39 is 0 Å². The van der Waals surface area contributed by atoms with Crippen LogP contribution in [0.1, 0.15) is 43.7 Å². The Bertz CT molecular complexity index is 365. The van der Waals surface area contributed by atoms with Crippen molar-refractivity contribution >= 4 is 28.3 Å². The molecule has 1 nitrogen and oxygen atoms in total. The van der Waals surface area contributed by atoms with Crippen LogP contribution in [0.15, 0.2) is 28.7 Å². The molecule has 2 unspecified atom stereocenters. The van der Waals surface area contributed by atoms with Crippen LogP contribution in [0.2, 0.25) is 0 Å². The third-order valence-corrected chi connectivity index (χ3v) is 4.62. The van der Waals surface area contributed by atoms with E-state index >= 15 is 0 Å². The van der Waals surface area contributed by atoms with Crippen LogP contribution in [-0.4, -0.2) is 17.5 Å². The number of rotatable bonds is 1. The highest BCUT2D eigenvalue weighted by Crippen LogP contribution is 2.39. The highest BCUT2D eigenvalue weighted by Gasteiger charge is 2.34. The van der Waals surface area contributed by atoms with Gasteiger partial charge >= 0.3 is 0 Å². The molecule has 1 aromatic carbocycles. The minimum absolute atomic E-state index is 0. The first-order chi connectivity index (χ1) is 7.84. The number of benzene rings is 1. The topological polar surface area (TPSA) is 3.24 Å². The van der Waals surface area contributed by atoms with Gasteiger partial charge in [-0.2, -0.15) is 0 Å². The van der Waals surface area contributed by atoms with E-state index in [1.165, 1.54) is 48.7 Å². The summed E-state index contributed by atoms with van der Waals surface area (Å²) in [6.07, 6.45) is 7.00. The number of hydrogen-bond acceptors (Lipinski definition) is 1. The van der Waals surface area contributed by atoms with Crippen LogP contribution in [0.25, 0.3) is 0 Å². The van der Waals surface area contributed by atoms with E-state index in [1.807, 2.05) is 0 Å². The quantitative estimate of drug-likeness (QED) is 0.734. The highest BCUT2D eigenvalue weighted by molar-refractivity contribution is 9.10. The first-order valence-electron chi connectivity index (χ1n) is 6.36. The summed E-state index contributed by atoms with van der Waals surface area (Å²) in [7, 11) is 0. The number of piperidine rings is 1. The maximum atomic E-state index is 3.51. The van der Waals surface area contributed by atoms with Gasteiger partial charge in [0, 0.05) is 16.6 Å². The van der Waals surface area contributed by atoms with E-state index in [0.717, 1.165) is 6.04 Å². The largest absolute Gasteiger partial charge is 0.293 e. The molecule has 0 spiro atoms. The van der Waals surface area contributed by atoms with Gasteiger partial charge in [-0.1, -0.05) is 28.1 Å². The van der Waals surface area contributed by atoms with Gasteiger partial charge in [0.1, 0.15) is 0 Å². The Hall–Kier alpha value is -0.0500.